The summed E-state index contributed by atoms with van der Waals surface area (Å²) in [6, 6.07) is 8.90. The SMILES string of the molecule is CN(C)c1ccc(-c2nc3c[n+](CC(N)=O)ccn3c2NC2CCCCC2)cc1. The van der Waals surface area contributed by atoms with Crippen molar-refractivity contribution in [3.8, 4) is 11.3 Å². The van der Waals surface area contributed by atoms with Crippen molar-refractivity contribution in [2.75, 3.05) is 24.3 Å². The number of nitrogens with one attached hydrogen (secondary N) is 1. The molecule has 0 bridgehead atoms. The molecule has 4 rings (SSSR count). The number of nitrogens with two attached hydrogens (primary N) is 1. The monoisotopic (exact) mass is 393 g/mol. The second-order valence-electron chi connectivity index (χ2n) is 8.02. The lowest BCUT2D eigenvalue weighted by Crippen LogP contribution is -2.40. The maximum Gasteiger partial charge on any atom is 0.283 e. The molecule has 7 heteroatoms. The number of hydrogen-bond donors (Lipinski definition) is 2. The number of anilines is 2. The Morgan fingerprint density at radius 3 is 2.62 bits per heavy atom. The Morgan fingerprint density at radius 1 is 1.24 bits per heavy atom. The van der Waals surface area contributed by atoms with E-state index >= 15 is 0 Å². The zero-order valence-corrected chi connectivity index (χ0v) is 17.1. The molecule has 0 radical (unpaired) electrons. The summed E-state index contributed by atoms with van der Waals surface area (Å²) in [5.74, 6) is 0.640. The number of benzene rings is 1. The van der Waals surface area contributed by atoms with Crippen molar-refractivity contribution in [2.24, 2.45) is 5.73 Å². The number of primary amides is 1. The Balaban J connectivity index is 1.77. The Bertz CT molecular complexity index is 1000. The van der Waals surface area contributed by atoms with Gasteiger partial charge in [-0.1, -0.05) is 31.4 Å². The molecule has 1 amide bonds. The smallest absolute Gasteiger partial charge is 0.283 e. The maximum absolute atomic E-state index is 11.3. The highest BCUT2D eigenvalue weighted by molar-refractivity contribution is 5.77. The Hall–Kier alpha value is -3.09. The van der Waals surface area contributed by atoms with Crippen molar-refractivity contribution in [2.45, 2.75) is 44.7 Å². The zero-order chi connectivity index (χ0) is 20.4. The van der Waals surface area contributed by atoms with E-state index in [9.17, 15) is 4.79 Å². The third-order valence-electron chi connectivity index (χ3n) is 5.57. The normalized spacial score (nSPS) is 14.8. The minimum atomic E-state index is -0.369. The standard InChI is InChI=1S/C22H28N6O/c1-26(2)18-10-8-16(9-11-18)21-22(24-17-6-4-3-5-7-17)28-13-12-27(14-19(23)29)15-20(28)25-21/h8-13,15,17H,3-7,14H2,1-2H3,(H2,23,29)/p+1. The van der Waals surface area contributed by atoms with Crippen LogP contribution in [0, 0.1) is 0 Å². The average molecular weight is 394 g/mol. The molecule has 7 nitrogen and oxygen atoms in total. The molecule has 0 atom stereocenters. The molecule has 1 aliphatic carbocycles. The summed E-state index contributed by atoms with van der Waals surface area (Å²) in [6.45, 7) is 0.140. The highest BCUT2D eigenvalue weighted by Crippen LogP contribution is 2.32. The lowest BCUT2D eigenvalue weighted by molar-refractivity contribution is -0.683. The minimum absolute atomic E-state index is 0.140. The zero-order valence-electron chi connectivity index (χ0n) is 17.1. The molecule has 0 unspecified atom stereocenters. The molecule has 1 saturated carbocycles. The fourth-order valence-corrected chi connectivity index (χ4v) is 4.01. The lowest BCUT2D eigenvalue weighted by atomic mass is 9.95. The van der Waals surface area contributed by atoms with Gasteiger partial charge in [0, 0.05) is 31.4 Å². The summed E-state index contributed by atoms with van der Waals surface area (Å²) in [4.78, 5) is 18.3. The molecular weight excluding hydrogens is 364 g/mol. The van der Waals surface area contributed by atoms with Crippen molar-refractivity contribution in [3.05, 3.63) is 42.9 Å². The number of rotatable bonds is 6. The van der Waals surface area contributed by atoms with Crippen LogP contribution in [0.2, 0.25) is 0 Å². The summed E-state index contributed by atoms with van der Waals surface area (Å²) >= 11 is 0. The third-order valence-corrected chi connectivity index (χ3v) is 5.57. The van der Waals surface area contributed by atoms with Gasteiger partial charge < -0.3 is 16.0 Å². The molecule has 152 valence electrons. The van der Waals surface area contributed by atoms with E-state index < -0.39 is 0 Å². The first kappa shape index (κ1) is 19.2. The molecule has 2 heterocycles. The average Bonchev–Trinajstić information content (AvgIpc) is 3.06. The quantitative estimate of drug-likeness (QED) is 0.631. The van der Waals surface area contributed by atoms with E-state index in [1.54, 1.807) is 4.57 Å². The number of amides is 1. The van der Waals surface area contributed by atoms with E-state index in [0.717, 1.165) is 28.4 Å². The number of carbonyl (C=O) groups excluding carboxylic acids is 1. The first-order chi connectivity index (χ1) is 14.0. The summed E-state index contributed by atoms with van der Waals surface area (Å²) in [6.07, 6.45) is 11.9. The lowest BCUT2D eigenvalue weighted by Gasteiger charge is -2.24. The summed E-state index contributed by atoms with van der Waals surface area (Å²) in [5, 5.41) is 3.76. The molecule has 1 aliphatic rings. The second kappa shape index (κ2) is 8.11. The molecular formula is C22H29N6O+. The van der Waals surface area contributed by atoms with E-state index in [4.69, 9.17) is 10.7 Å². The molecule has 0 aliphatic heterocycles. The molecule has 3 aromatic rings. The van der Waals surface area contributed by atoms with E-state index in [0.29, 0.717) is 6.04 Å². The predicted octanol–water partition coefficient (Wildman–Crippen LogP) is 2.58. The number of aromatic nitrogens is 3. The van der Waals surface area contributed by atoms with Crippen molar-refractivity contribution in [1.82, 2.24) is 9.38 Å². The van der Waals surface area contributed by atoms with Crippen molar-refractivity contribution in [3.63, 3.8) is 0 Å². The van der Waals surface area contributed by atoms with Crippen molar-refractivity contribution < 1.29 is 9.36 Å². The van der Waals surface area contributed by atoms with Gasteiger partial charge in [-0.05, 0) is 25.0 Å². The van der Waals surface area contributed by atoms with Crippen LogP contribution in [0.3, 0.4) is 0 Å². The van der Waals surface area contributed by atoms with Crippen LogP contribution in [0.4, 0.5) is 11.5 Å². The van der Waals surface area contributed by atoms with Crippen LogP contribution in [0.25, 0.3) is 16.9 Å². The van der Waals surface area contributed by atoms with Crippen LogP contribution in [0.5, 0.6) is 0 Å². The summed E-state index contributed by atoms with van der Waals surface area (Å²) in [5.41, 5.74) is 9.29. The van der Waals surface area contributed by atoms with Crippen LogP contribution >= 0.6 is 0 Å². The van der Waals surface area contributed by atoms with Gasteiger partial charge in [-0.25, -0.2) is 4.98 Å². The van der Waals surface area contributed by atoms with Gasteiger partial charge in [0.2, 0.25) is 18.4 Å². The first-order valence-corrected chi connectivity index (χ1v) is 10.2. The minimum Gasteiger partial charge on any atom is -0.378 e. The van der Waals surface area contributed by atoms with E-state index in [2.05, 4.69) is 38.9 Å². The van der Waals surface area contributed by atoms with Gasteiger partial charge in [0.15, 0.2) is 6.20 Å². The molecule has 3 N–H and O–H groups in total. The summed E-state index contributed by atoms with van der Waals surface area (Å²) in [7, 11) is 4.07. The molecule has 1 aromatic carbocycles. The van der Waals surface area contributed by atoms with Crippen LogP contribution < -0.4 is 20.5 Å². The topological polar surface area (TPSA) is 79.5 Å². The number of hydrogen-bond acceptors (Lipinski definition) is 4. The Labute approximate surface area is 171 Å². The van der Waals surface area contributed by atoms with Crippen molar-refractivity contribution in [1.29, 1.82) is 0 Å². The Morgan fingerprint density at radius 2 is 1.97 bits per heavy atom. The summed E-state index contributed by atoms with van der Waals surface area (Å²) < 4.78 is 3.84. The number of carbonyl (C=O) groups is 1. The fraction of sp³-hybridized carbons (Fsp3) is 0.409. The first-order valence-electron chi connectivity index (χ1n) is 10.2. The number of imidazole rings is 1. The van der Waals surface area contributed by atoms with Gasteiger partial charge in [0.25, 0.3) is 5.91 Å². The van der Waals surface area contributed by atoms with Crippen LogP contribution in [-0.4, -0.2) is 35.4 Å². The Kier molecular flexibility index (Phi) is 5.38. The largest absolute Gasteiger partial charge is 0.378 e. The molecule has 0 spiro atoms. The molecule has 29 heavy (non-hydrogen) atoms. The van der Waals surface area contributed by atoms with E-state index in [1.165, 1.54) is 32.1 Å². The highest BCUT2D eigenvalue weighted by Gasteiger charge is 2.21. The van der Waals surface area contributed by atoms with Crippen molar-refractivity contribution >= 4 is 23.1 Å². The van der Waals surface area contributed by atoms with E-state index in [1.807, 2.05) is 32.7 Å². The number of fused-ring (bicyclic) bond motifs is 1. The maximum atomic E-state index is 11.3. The fourth-order valence-electron chi connectivity index (χ4n) is 4.01. The predicted molar refractivity (Wildman–Crippen MR) is 115 cm³/mol. The second-order valence-corrected chi connectivity index (χ2v) is 8.02. The van der Waals surface area contributed by atoms with Gasteiger partial charge in [0.1, 0.15) is 11.5 Å². The van der Waals surface area contributed by atoms with Gasteiger partial charge in [0.05, 0.1) is 6.20 Å². The van der Waals surface area contributed by atoms with Gasteiger partial charge in [-0.3, -0.25) is 9.20 Å². The highest BCUT2D eigenvalue weighted by atomic mass is 16.1. The van der Waals surface area contributed by atoms with Gasteiger partial charge in [-0.2, -0.15) is 4.57 Å². The number of nitrogens with zero attached hydrogens (tertiary/aromatic N) is 4. The molecule has 1 fully saturated rings. The van der Waals surface area contributed by atoms with Gasteiger partial charge >= 0.3 is 0 Å². The third kappa shape index (κ3) is 4.18. The van der Waals surface area contributed by atoms with Crippen LogP contribution in [0.1, 0.15) is 32.1 Å². The van der Waals surface area contributed by atoms with Crippen LogP contribution in [0.15, 0.2) is 42.9 Å². The molecule has 2 aromatic heterocycles. The van der Waals surface area contributed by atoms with E-state index in [-0.39, 0.29) is 12.5 Å². The van der Waals surface area contributed by atoms with Crippen LogP contribution in [-0.2, 0) is 11.3 Å². The molecule has 0 saturated heterocycles. The van der Waals surface area contributed by atoms with Gasteiger partial charge in [-0.15, -0.1) is 0 Å².